The summed E-state index contributed by atoms with van der Waals surface area (Å²) in [6.07, 6.45) is 0. The molecule has 0 radical (unpaired) electrons. The molecule has 122 valence electrons. The van der Waals surface area contributed by atoms with Crippen molar-refractivity contribution in [3.8, 4) is 5.75 Å². The number of imide groups is 1. The Kier molecular flexibility index (Phi) is 4.11. The van der Waals surface area contributed by atoms with E-state index in [4.69, 9.17) is 16.3 Å². The Morgan fingerprint density at radius 2 is 1.67 bits per heavy atom. The number of carbonyl (C=O) groups is 3. The smallest absolute Gasteiger partial charge is 0.334 e. The molecule has 0 aliphatic carbocycles. The number of hydrogen-bond acceptors (Lipinski definition) is 4. The maximum Gasteiger partial charge on any atom is 0.334 e. The van der Waals surface area contributed by atoms with Crippen LogP contribution in [0, 0.1) is 6.92 Å². The number of hydrogen-bond donors (Lipinski definition) is 0. The molecule has 3 rings (SSSR count). The van der Waals surface area contributed by atoms with E-state index in [0.717, 1.165) is 4.90 Å². The van der Waals surface area contributed by atoms with Crippen molar-refractivity contribution in [2.75, 3.05) is 0 Å². The van der Waals surface area contributed by atoms with Crippen LogP contribution in [0.3, 0.4) is 0 Å². The van der Waals surface area contributed by atoms with E-state index in [0.29, 0.717) is 27.5 Å². The van der Waals surface area contributed by atoms with Gasteiger partial charge in [0, 0.05) is 5.02 Å². The zero-order chi connectivity index (χ0) is 17.4. The molecule has 2 amide bonds. The number of esters is 1. The van der Waals surface area contributed by atoms with E-state index in [2.05, 4.69) is 0 Å². The van der Waals surface area contributed by atoms with Crippen LogP contribution in [0.2, 0.25) is 5.02 Å². The Labute approximate surface area is 143 Å². The molecule has 0 saturated heterocycles. The summed E-state index contributed by atoms with van der Waals surface area (Å²) >= 11 is 5.87. The van der Waals surface area contributed by atoms with Gasteiger partial charge in [0.25, 0.3) is 11.8 Å². The van der Waals surface area contributed by atoms with Crippen molar-refractivity contribution in [1.82, 2.24) is 4.90 Å². The number of carbonyl (C=O) groups excluding carboxylic acids is 3. The third-order valence-corrected chi connectivity index (χ3v) is 4.14. The SMILES string of the molecule is Cc1cc(Cl)ccc1OC(=O)[C@H](C)N1C(=O)c2ccccc2C1=O. The highest BCUT2D eigenvalue weighted by Crippen LogP contribution is 2.26. The molecule has 2 aromatic carbocycles. The van der Waals surface area contributed by atoms with Gasteiger partial charge in [0.2, 0.25) is 0 Å². The van der Waals surface area contributed by atoms with Crippen LogP contribution in [-0.2, 0) is 4.79 Å². The lowest BCUT2D eigenvalue weighted by molar-refractivity contribution is -0.138. The van der Waals surface area contributed by atoms with Gasteiger partial charge in [-0.15, -0.1) is 0 Å². The molecule has 24 heavy (non-hydrogen) atoms. The normalized spacial score (nSPS) is 14.5. The maximum atomic E-state index is 12.4. The molecule has 0 spiro atoms. The Morgan fingerprint density at radius 1 is 1.08 bits per heavy atom. The van der Waals surface area contributed by atoms with Crippen molar-refractivity contribution in [2.45, 2.75) is 19.9 Å². The fourth-order valence-electron chi connectivity index (χ4n) is 2.59. The lowest BCUT2D eigenvalue weighted by atomic mass is 10.1. The monoisotopic (exact) mass is 343 g/mol. The van der Waals surface area contributed by atoms with Gasteiger partial charge in [-0.1, -0.05) is 23.7 Å². The fraction of sp³-hybridized carbons (Fsp3) is 0.167. The molecular weight excluding hydrogens is 330 g/mol. The molecule has 0 unspecified atom stereocenters. The van der Waals surface area contributed by atoms with Crippen LogP contribution >= 0.6 is 11.6 Å². The average Bonchev–Trinajstić information content (AvgIpc) is 2.81. The second-order valence-corrected chi connectivity index (χ2v) is 5.97. The molecule has 5 nitrogen and oxygen atoms in total. The van der Waals surface area contributed by atoms with Crippen LogP contribution in [0.4, 0.5) is 0 Å². The Morgan fingerprint density at radius 3 is 2.21 bits per heavy atom. The second-order valence-electron chi connectivity index (χ2n) is 5.53. The predicted octanol–water partition coefficient (Wildman–Crippen LogP) is 3.24. The van der Waals surface area contributed by atoms with Crippen LogP contribution in [0.1, 0.15) is 33.2 Å². The van der Waals surface area contributed by atoms with Crippen molar-refractivity contribution < 1.29 is 19.1 Å². The van der Waals surface area contributed by atoms with Crippen molar-refractivity contribution in [2.24, 2.45) is 0 Å². The van der Waals surface area contributed by atoms with E-state index < -0.39 is 23.8 Å². The lowest BCUT2D eigenvalue weighted by Crippen LogP contribution is -2.44. The van der Waals surface area contributed by atoms with Gasteiger partial charge < -0.3 is 4.74 Å². The molecule has 0 saturated carbocycles. The number of halogens is 1. The topological polar surface area (TPSA) is 63.7 Å². The molecule has 6 heteroatoms. The largest absolute Gasteiger partial charge is 0.425 e. The van der Waals surface area contributed by atoms with Gasteiger partial charge in [0.15, 0.2) is 0 Å². The molecular formula is C18H14ClNO4. The van der Waals surface area contributed by atoms with E-state index >= 15 is 0 Å². The average molecular weight is 344 g/mol. The first kappa shape index (κ1) is 16.2. The highest BCUT2D eigenvalue weighted by atomic mass is 35.5. The van der Waals surface area contributed by atoms with Crippen molar-refractivity contribution >= 4 is 29.4 Å². The van der Waals surface area contributed by atoms with Crippen molar-refractivity contribution in [3.05, 3.63) is 64.2 Å². The number of nitrogens with zero attached hydrogens (tertiary/aromatic N) is 1. The number of amides is 2. The van der Waals surface area contributed by atoms with Crippen LogP contribution in [0.15, 0.2) is 42.5 Å². The summed E-state index contributed by atoms with van der Waals surface area (Å²) in [5.74, 6) is -1.33. The minimum atomic E-state index is -1.03. The Bertz CT molecular complexity index is 827. The van der Waals surface area contributed by atoms with Crippen LogP contribution in [0.25, 0.3) is 0 Å². The number of aryl methyl sites for hydroxylation is 1. The first-order valence-electron chi connectivity index (χ1n) is 7.35. The van der Waals surface area contributed by atoms with Crippen LogP contribution < -0.4 is 4.74 Å². The molecule has 1 atom stereocenters. The molecule has 1 heterocycles. The lowest BCUT2D eigenvalue weighted by Gasteiger charge is -2.21. The third kappa shape index (κ3) is 2.67. The predicted molar refractivity (Wildman–Crippen MR) is 88.2 cm³/mol. The first-order valence-corrected chi connectivity index (χ1v) is 7.72. The number of fused-ring (bicyclic) bond motifs is 1. The molecule has 0 N–H and O–H groups in total. The molecule has 0 fully saturated rings. The van der Waals surface area contributed by atoms with Crippen LogP contribution in [0.5, 0.6) is 5.75 Å². The summed E-state index contributed by atoms with van der Waals surface area (Å²) in [5, 5.41) is 0.528. The van der Waals surface area contributed by atoms with Gasteiger partial charge in [-0.3, -0.25) is 14.5 Å². The Hall–Kier alpha value is -2.66. The minimum absolute atomic E-state index is 0.296. The van der Waals surface area contributed by atoms with Crippen molar-refractivity contribution in [1.29, 1.82) is 0 Å². The van der Waals surface area contributed by atoms with E-state index in [1.165, 1.54) is 6.92 Å². The molecule has 1 aliphatic heterocycles. The van der Waals surface area contributed by atoms with Crippen LogP contribution in [-0.4, -0.2) is 28.7 Å². The van der Waals surface area contributed by atoms with E-state index in [1.807, 2.05) is 0 Å². The standard InChI is InChI=1S/C18H14ClNO4/c1-10-9-12(19)7-8-15(10)24-18(23)11(2)20-16(21)13-5-3-4-6-14(13)17(20)22/h3-9,11H,1-2H3/t11-/m0/s1. The van der Waals surface area contributed by atoms with Gasteiger partial charge >= 0.3 is 5.97 Å². The van der Waals surface area contributed by atoms with Gasteiger partial charge in [-0.25, -0.2) is 4.79 Å². The molecule has 0 bridgehead atoms. The summed E-state index contributed by atoms with van der Waals surface area (Å²) < 4.78 is 5.33. The summed E-state index contributed by atoms with van der Waals surface area (Å²) in [6, 6.07) is 10.3. The molecule has 2 aromatic rings. The van der Waals surface area contributed by atoms with E-state index in [9.17, 15) is 14.4 Å². The second kappa shape index (κ2) is 6.09. The van der Waals surface area contributed by atoms with Gasteiger partial charge in [0.05, 0.1) is 11.1 Å². The van der Waals surface area contributed by atoms with Gasteiger partial charge in [0.1, 0.15) is 11.8 Å². The van der Waals surface area contributed by atoms with E-state index in [-0.39, 0.29) is 0 Å². The first-order chi connectivity index (χ1) is 11.4. The summed E-state index contributed by atoms with van der Waals surface area (Å²) in [4.78, 5) is 38.1. The zero-order valence-electron chi connectivity index (χ0n) is 13.1. The highest BCUT2D eigenvalue weighted by molar-refractivity contribution is 6.30. The minimum Gasteiger partial charge on any atom is -0.425 e. The molecule has 1 aliphatic rings. The van der Waals surface area contributed by atoms with E-state index in [1.54, 1.807) is 49.4 Å². The molecule has 0 aromatic heterocycles. The fourth-order valence-corrected chi connectivity index (χ4v) is 2.81. The number of rotatable bonds is 3. The summed E-state index contributed by atoms with van der Waals surface area (Å²) in [7, 11) is 0. The number of ether oxygens (including phenoxy) is 1. The maximum absolute atomic E-state index is 12.4. The number of benzene rings is 2. The highest BCUT2D eigenvalue weighted by Gasteiger charge is 2.41. The Balaban J connectivity index is 1.82. The third-order valence-electron chi connectivity index (χ3n) is 3.90. The summed E-state index contributed by atoms with van der Waals surface area (Å²) in [6.45, 7) is 3.22. The zero-order valence-corrected chi connectivity index (χ0v) is 13.8. The summed E-state index contributed by atoms with van der Waals surface area (Å²) in [5.41, 5.74) is 1.28. The van der Waals surface area contributed by atoms with Gasteiger partial charge in [-0.05, 0) is 49.7 Å². The van der Waals surface area contributed by atoms with Crippen molar-refractivity contribution in [3.63, 3.8) is 0 Å². The van der Waals surface area contributed by atoms with Gasteiger partial charge in [-0.2, -0.15) is 0 Å². The quantitative estimate of drug-likeness (QED) is 0.487.